The van der Waals surface area contributed by atoms with Crippen molar-refractivity contribution in [2.45, 2.75) is 13.3 Å². The van der Waals surface area contributed by atoms with E-state index in [0.29, 0.717) is 13.0 Å². The highest BCUT2D eigenvalue weighted by atomic mass is 16.5. The molecule has 18 heavy (non-hydrogen) atoms. The lowest BCUT2D eigenvalue weighted by atomic mass is 10.0. The van der Waals surface area contributed by atoms with Gasteiger partial charge in [-0.3, -0.25) is 4.79 Å². The molecule has 0 atom stereocenters. The highest BCUT2D eigenvalue weighted by Gasteiger charge is 2.14. The molecule has 0 radical (unpaired) electrons. The van der Waals surface area contributed by atoms with Crippen LogP contribution in [0, 0.1) is 6.92 Å². The van der Waals surface area contributed by atoms with Crippen LogP contribution in [0.4, 0.5) is 0 Å². The second-order valence-corrected chi connectivity index (χ2v) is 4.36. The molecule has 0 fully saturated rings. The Balaban J connectivity index is 2.93. The summed E-state index contributed by atoms with van der Waals surface area (Å²) in [5.41, 5.74) is 8.21. The summed E-state index contributed by atoms with van der Waals surface area (Å²) in [7, 11) is 3.38. The standard InChI is InChI=1S/C14H18N2O2/c1-9-10-5-4-6-12(18-3)13(10)16(2)14(17)11(9)7-8-15/h4-6H,7-8,15H2,1-3H3. The van der Waals surface area contributed by atoms with Crippen molar-refractivity contribution in [3.8, 4) is 5.75 Å². The highest BCUT2D eigenvalue weighted by Crippen LogP contribution is 2.27. The molecular weight excluding hydrogens is 228 g/mol. The van der Waals surface area contributed by atoms with Gasteiger partial charge in [-0.1, -0.05) is 12.1 Å². The molecule has 4 heteroatoms. The number of methoxy groups -OCH3 is 1. The van der Waals surface area contributed by atoms with Gasteiger partial charge in [0.2, 0.25) is 0 Å². The van der Waals surface area contributed by atoms with Gasteiger partial charge in [0.1, 0.15) is 5.75 Å². The molecule has 0 spiro atoms. The van der Waals surface area contributed by atoms with Gasteiger partial charge >= 0.3 is 0 Å². The molecule has 1 heterocycles. The Hall–Kier alpha value is -1.81. The topological polar surface area (TPSA) is 57.2 Å². The fourth-order valence-electron chi connectivity index (χ4n) is 2.40. The molecule has 2 N–H and O–H groups in total. The monoisotopic (exact) mass is 246 g/mol. The zero-order chi connectivity index (χ0) is 13.3. The summed E-state index contributed by atoms with van der Waals surface area (Å²) < 4.78 is 6.98. The molecule has 2 rings (SSSR count). The first kappa shape index (κ1) is 12.6. The van der Waals surface area contributed by atoms with Crippen LogP contribution >= 0.6 is 0 Å². The Morgan fingerprint density at radius 2 is 2.11 bits per heavy atom. The number of rotatable bonds is 3. The van der Waals surface area contributed by atoms with Gasteiger partial charge in [0.15, 0.2) is 0 Å². The fraction of sp³-hybridized carbons (Fsp3) is 0.357. The molecule has 0 bridgehead atoms. The average Bonchev–Trinajstić information content (AvgIpc) is 2.40. The molecule has 0 aliphatic rings. The molecule has 0 saturated carbocycles. The Labute approximate surface area is 106 Å². The first-order valence-corrected chi connectivity index (χ1v) is 5.97. The second-order valence-electron chi connectivity index (χ2n) is 4.36. The van der Waals surface area contributed by atoms with E-state index in [-0.39, 0.29) is 5.56 Å². The normalized spacial score (nSPS) is 10.9. The van der Waals surface area contributed by atoms with Crippen LogP contribution in [0.25, 0.3) is 10.9 Å². The van der Waals surface area contributed by atoms with Crippen LogP contribution in [0.1, 0.15) is 11.1 Å². The van der Waals surface area contributed by atoms with E-state index in [1.54, 1.807) is 18.7 Å². The number of nitrogens with zero attached hydrogens (tertiary/aromatic N) is 1. The van der Waals surface area contributed by atoms with E-state index in [4.69, 9.17) is 10.5 Å². The molecule has 4 nitrogen and oxygen atoms in total. The van der Waals surface area contributed by atoms with E-state index in [0.717, 1.165) is 27.8 Å². The third-order valence-corrected chi connectivity index (χ3v) is 3.37. The zero-order valence-corrected chi connectivity index (χ0v) is 11.0. The van der Waals surface area contributed by atoms with Crippen LogP contribution in [0.5, 0.6) is 5.75 Å². The molecule has 2 aromatic rings. The number of hydrogen-bond acceptors (Lipinski definition) is 3. The minimum absolute atomic E-state index is 0.00921. The van der Waals surface area contributed by atoms with Crippen molar-refractivity contribution in [3.63, 3.8) is 0 Å². The minimum Gasteiger partial charge on any atom is -0.495 e. The summed E-state index contributed by atoms with van der Waals surface area (Å²) in [6.45, 7) is 2.44. The Kier molecular flexibility index (Phi) is 3.39. The van der Waals surface area contributed by atoms with Crippen LogP contribution in [0.2, 0.25) is 0 Å². The van der Waals surface area contributed by atoms with Crippen molar-refractivity contribution in [1.82, 2.24) is 4.57 Å². The first-order chi connectivity index (χ1) is 8.61. The number of hydrogen-bond donors (Lipinski definition) is 1. The fourth-order valence-corrected chi connectivity index (χ4v) is 2.40. The van der Waals surface area contributed by atoms with Gasteiger partial charge in [-0.05, 0) is 31.5 Å². The number of para-hydroxylation sites is 1. The Morgan fingerprint density at radius 3 is 2.72 bits per heavy atom. The van der Waals surface area contributed by atoms with Gasteiger partial charge in [0, 0.05) is 18.0 Å². The predicted octanol–water partition coefficient (Wildman–Crippen LogP) is 1.36. The van der Waals surface area contributed by atoms with Gasteiger partial charge < -0.3 is 15.0 Å². The van der Waals surface area contributed by atoms with Crippen LogP contribution in [-0.4, -0.2) is 18.2 Å². The van der Waals surface area contributed by atoms with Crippen LogP contribution < -0.4 is 16.0 Å². The number of aromatic nitrogens is 1. The van der Waals surface area contributed by atoms with E-state index in [2.05, 4.69) is 0 Å². The third kappa shape index (κ3) is 1.78. The molecular formula is C14H18N2O2. The van der Waals surface area contributed by atoms with Crippen molar-refractivity contribution in [2.24, 2.45) is 12.8 Å². The molecule has 1 aromatic heterocycles. The average molecular weight is 246 g/mol. The number of benzene rings is 1. The van der Waals surface area contributed by atoms with Gasteiger partial charge in [-0.15, -0.1) is 0 Å². The van der Waals surface area contributed by atoms with Crippen LogP contribution in [0.15, 0.2) is 23.0 Å². The van der Waals surface area contributed by atoms with Crippen molar-refractivity contribution < 1.29 is 4.74 Å². The summed E-state index contributed by atoms with van der Waals surface area (Å²) in [6.07, 6.45) is 0.603. The van der Waals surface area contributed by atoms with Gasteiger partial charge in [-0.2, -0.15) is 0 Å². The largest absolute Gasteiger partial charge is 0.495 e. The van der Waals surface area contributed by atoms with E-state index in [9.17, 15) is 4.79 Å². The van der Waals surface area contributed by atoms with Crippen LogP contribution in [-0.2, 0) is 13.5 Å². The summed E-state index contributed by atoms with van der Waals surface area (Å²) in [6, 6.07) is 5.81. The maximum Gasteiger partial charge on any atom is 0.254 e. The number of ether oxygens (including phenoxy) is 1. The lowest BCUT2D eigenvalue weighted by Crippen LogP contribution is -2.25. The van der Waals surface area contributed by atoms with E-state index in [1.807, 2.05) is 25.1 Å². The van der Waals surface area contributed by atoms with Crippen molar-refractivity contribution in [3.05, 3.63) is 39.7 Å². The number of aryl methyl sites for hydroxylation is 2. The predicted molar refractivity (Wildman–Crippen MR) is 73.2 cm³/mol. The Morgan fingerprint density at radius 1 is 1.39 bits per heavy atom. The molecule has 0 aliphatic heterocycles. The molecule has 1 aromatic carbocycles. The summed E-state index contributed by atoms with van der Waals surface area (Å²) in [4.78, 5) is 12.3. The summed E-state index contributed by atoms with van der Waals surface area (Å²) >= 11 is 0. The third-order valence-electron chi connectivity index (χ3n) is 3.37. The molecule has 0 amide bonds. The summed E-state index contributed by atoms with van der Waals surface area (Å²) in [5, 5.41) is 1.04. The minimum atomic E-state index is 0.00921. The zero-order valence-electron chi connectivity index (χ0n) is 11.0. The van der Waals surface area contributed by atoms with Crippen molar-refractivity contribution in [2.75, 3.05) is 13.7 Å². The maximum atomic E-state index is 12.3. The lowest BCUT2D eigenvalue weighted by molar-refractivity contribution is 0.417. The van der Waals surface area contributed by atoms with Gasteiger partial charge in [-0.25, -0.2) is 0 Å². The quantitative estimate of drug-likeness (QED) is 0.889. The maximum absolute atomic E-state index is 12.3. The smallest absolute Gasteiger partial charge is 0.254 e. The Bertz CT molecular complexity index is 644. The first-order valence-electron chi connectivity index (χ1n) is 5.97. The van der Waals surface area contributed by atoms with Crippen molar-refractivity contribution >= 4 is 10.9 Å². The second kappa shape index (κ2) is 4.82. The summed E-state index contributed by atoms with van der Waals surface area (Å²) in [5.74, 6) is 0.717. The van der Waals surface area contributed by atoms with Crippen molar-refractivity contribution in [1.29, 1.82) is 0 Å². The highest BCUT2D eigenvalue weighted by molar-refractivity contribution is 5.88. The van der Waals surface area contributed by atoms with E-state index >= 15 is 0 Å². The van der Waals surface area contributed by atoms with Gasteiger partial charge in [0.25, 0.3) is 5.56 Å². The van der Waals surface area contributed by atoms with Crippen LogP contribution in [0.3, 0.4) is 0 Å². The van der Waals surface area contributed by atoms with E-state index in [1.165, 1.54) is 0 Å². The number of fused-ring (bicyclic) bond motifs is 1. The van der Waals surface area contributed by atoms with E-state index < -0.39 is 0 Å². The molecule has 0 aliphatic carbocycles. The molecule has 0 unspecified atom stereocenters. The lowest BCUT2D eigenvalue weighted by Gasteiger charge is -2.15. The molecule has 96 valence electrons. The molecule has 0 saturated heterocycles. The number of nitrogens with two attached hydrogens (primary N) is 1. The number of pyridine rings is 1. The van der Waals surface area contributed by atoms with Gasteiger partial charge in [0.05, 0.1) is 12.6 Å². The SMILES string of the molecule is COc1cccc2c(C)c(CCN)c(=O)n(C)c12.